The van der Waals surface area contributed by atoms with E-state index in [1.807, 2.05) is 31.2 Å². The molecule has 9 heteroatoms. The molecule has 3 rings (SSSR count). The maximum absolute atomic E-state index is 13.3. The molecule has 0 unspecified atom stereocenters. The van der Waals surface area contributed by atoms with E-state index in [1.54, 1.807) is 25.1 Å². The number of ether oxygens (including phenoxy) is 1. The predicted octanol–water partition coefficient (Wildman–Crippen LogP) is 1.55. The van der Waals surface area contributed by atoms with Crippen LogP contribution in [-0.2, 0) is 30.9 Å². The quantitative estimate of drug-likeness (QED) is 0.646. The minimum absolute atomic E-state index is 0.0838. The zero-order valence-electron chi connectivity index (χ0n) is 18.6. The summed E-state index contributed by atoms with van der Waals surface area (Å²) in [5.74, 6) is -0.865. The number of nitrogens with one attached hydrogen (secondary N) is 1. The van der Waals surface area contributed by atoms with Crippen LogP contribution < -0.4 is 5.32 Å². The van der Waals surface area contributed by atoms with Gasteiger partial charge >= 0.3 is 0 Å². The van der Waals surface area contributed by atoms with Crippen LogP contribution in [0.15, 0.2) is 59.5 Å². The zero-order chi connectivity index (χ0) is 23.4. The molecule has 0 radical (unpaired) electrons. The topological polar surface area (TPSA) is 96.0 Å². The summed E-state index contributed by atoms with van der Waals surface area (Å²) in [5, 5.41) is 2.87. The van der Waals surface area contributed by atoms with Gasteiger partial charge in [0.15, 0.2) is 0 Å². The summed E-state index contributed by atoms with van der Waals surface area (Å²) < 4.78 is 32.5. The van der Waals surface area contributed by atoms with Crippen molar-refractivity contribution < 1.29 is 22.7 Å². The highest BCUT2D eigenvalue weighted by molar-refractivity contribution is 7.89. The van der Waals surface area contributed by atoms with Gasteiger partial charge in [0, 0.05) is 26.7 Å². The number of sulfonamides is 1. The molecule has 1 fully saturated rings. The third-order valence-electron chi connectivity index (χ3n) is 5.66. The van der Waals surface area contributed by atoms with Crippen molar-refractivity contribution in [1.29, 1.82) is 0 Å². The predicted molar refractivity (Wildman–Crippen MR) is 120 cm³/mol. The molecule has 1 saturated heterocycles. The first-order valence-electron chi connectivity index (χ1n) is 10.4. The van der Waals surface area contributed by atoms with Crippen LogP contribution in [0.5, 0.6) is 0 Å². The van der Waals surface area contributed by atoms with Gasteiger partial charge in [-0.3, -0.25) is 9.59 Å². The normalized spacial score (nSPS) is 19.7. The SMILES string of the molecule is COCCN1C(=O)CN(S(=O)(=O)c2ccccc2)C[C@]1(C)C(=O)NCc1ccc(C)cc1. The van der Waals surface area contributed by atoms with Crippen molar-refractivity contribution in [2.24, 2.45) is 0 Å². The Hall–Kier alpha value is -2.75. The molecule has 32 heavy (non-hydrogen) atoms. The van der Waals surface area contributed by atoms with E-state index in [2.05, 4.69) is 5.32 Å². The first kappa shape index (κ1) is 23.9. The van der Waals surface area contributed by atoms with Gasteiger partial charge in [-0.2, -0.15) is 4.31 Å². The number of rotatable bonds is 8. The third kappa shape index (κ3) is 5.01. The van der Waals surface area contributed by atoms with Crippen molar-refractivity contribution in [3.8, 4) is 0 Å². The van der Waals surface area contributed by atoms with Crippen molar-refractivity contribution in [2.75, 3.05) is 33.4 Å². The van der Waals surface area contributed by atoms with E-state index in [1.165, 1.54) is 24.1 Å². The van der Waals surface area contributed by atoms with Crippen LogP contribution in [0.2, 0.25) is 0 Å². The lowest BCUT2D eigenvalue weighted by Crippen LogP contribution is -2.70. The molecule has 1 heterocycles. The highest BCUT2D eigenvalue weighted by Crippen LogP contribution is 2.27. The Morgan fingerprint density at radius 3 is 2.41 bits per heavy atom. The highest BCUT2D eigenvalue weighted by atomic mass is 32.2. The lowest BCUT2D eigenvalue weighted by atomic mass is 9.95. The zero-order valence-corrected chi connectivity index (χ0v) is 19.4. The fourth-order valence-electron chi connectivity index (χ4n) is 3.73. The van der Waals surface area contributed by atoms with Gasteiger partial charge in [-0.1, -0.05) is 48.0 Å². The molecule has 8 nitrogen and oxygen atoms in total. The monoisotopic (exact) mass is 459 g/mol. The average molecular weight is 460 g/mol. The van der Waals surface area contributed by atoms with Crippen molar-refractivity contribution in [1.82, 2.24) is 14.5 Å². The van der Waals surface area contributed by atoms with Gasteiger partial charge in [0.25, 0.3) is 0 Å². The van der Waals surface area contributed by atoms with Gasteiger partial charge in [0.2, 0.25) is 21.8 Å². The van der Waals surface area contributed by atoms with E-state index in [-0.39, 0.29) is 37.7 Å². The largest absolute Gasteiger partial charge is 0.383 e. The second kappa shape index (κ2) is 9.81. The summed E-state index contributed by atoms with van der Waals surface area (Å²) in [6.07, 6.45) is 0. The van der Waals surface area contributed by atoms with E-state index in [9.17, 15) is 18.0 Å². The maximum atomic E-state index is 13.3. The molecule has 0 spiro atoms. The summed E-state index contributed by atoms with van der Waals surface area (Å²) in [6.45, 7) is 3.78. The Kier molecular flexibility index (Phi) is 7.33. The minimum Gasteiger partial charge on any atom is -0.383 e. The molecule has 0 bridgehead atoms. The van der Waals surface area contributed by atoms with Gasteiger partial charge in [-0.05, 0) is 31.5 Å². The Morgan fingerprint density at radius 2 is 1.78 bits per heavy atom. The van der Waals surface area contributed by atoms with Crippen LogP contribution in [0.1, 0.15) is 18.1 Å². The summed E-state index contributed by atoms with van der Waals surface area (Å²) in [4.78, 5) is 27.8. The van der Waals surface area contributed by atoms with Gasteiger partial charge in [-0.25, -0.2) is 8.42 Å². The number of hydrogen-bond donors (Lipinski definition) is 1. The molecule has 172 valence electrons. The number of carbonyl (C=O) groups is 2. The Balaban J connectivity index is 1.87. The molecule has 2 amide bonds. The number of benzene rings is 2. The molecule has 0 saturated carbocycles. The van der Waals surface area contributed by atoms with Crippen LogP contribution in [0.3, 0.4) is 0 Å². The number of hydrogen-bond acceptors (Lipinski definition) is 5. The lowest BCUT2D eigenvalue weighted by molar-refractivity contribution is -0.153. The first-order chi connectivity index (χ1) is 15.2. The molecule has 1 N–H and O–H groups in total. The number of piperazine rings is 1. The average Bonchev–Trinajstić information content (AvgIpc) is 2.78. The summed E-state index contributed by atoms with van der Waals surface area (Å²) in [6, 6.07) is 15.7. The van der Waals surface area contributed by atoms with Crippen molar-refractivity contribution in [2.45, 2.75) is 30.8 Å². The Bertz CT molecular complexity index is 1060. The summed E-state index contributed by atoms with van der Waals surface area (Å²) >= 11 is 0. The van der Waals surface area contributed by atoms with Crippen molar-refractivity contribution in [3.05, 3.63) is 65.7 Å². The summed E-state index contributed by atoms with van der Waals surface area (Å²) in [5.41, 5.74) is 0.629. The van der Waals surface area contributed by atoms with E-state index in [0.29, 0.717) is 0 Å². The molecule has 2 aromatic carbocycles. The van der Waals surface area contributed by atoms with Crippen LogP contribution in [0, 0.1) is 6.92 Å². The Morgan fingerprint density at radius 1 is 1.12 bits per heavy atom. The van der Waals surface area contributed by atoms with Crippen LogP contribution >= 0.6 is 0 Å². The van der Waals surface area contributed by atoms with E-state index < -0.39 is 27.4 Å². The number of amides is 2. The first-order valence-corrected chi connectivity index (χ1v) is 11.8. The standard InChI is InChI=1S/C23H29N3O5S/c1-18-9-11-19(12-10-18)15-24-22(28)23(2)17-25(16-21(27)26(23)13-14-31-3)32(29,30)20-7-5-4-6-8-20/h4-12H,13-17H2,1-3H3,(H,24,28)/t23-/m1/s1. The molecular weight excluding hydrogens is 430 g/mol. The van der Waals surface area contributed by atoms with Crippen LogP contribution in [-0.4, -0.2) is 68.3 Å². The smallest absolute Gasteiger partial charge is 0.247 e. The molecule has 0 aromatic heterocycles. The van der Waals surface area contributed by atoms with Gasteiger partial charge in [0.05, 0.1) is 18.0 Å². The van der Waals surface area contributed by atoms with E-state index in [4.69, 9.17) is 4.74 Å². The van der Waals surface area contributed by atoms with E-state index >= 15 is 0 Å². The molecule has 1 aliphatic rings. The number of nitrogens with zero attached hydrogens (tertiary/aromatic N) is 2. The second-order valence-electron chi connectivity index (χ2n) is 8.07. The van der Waals surface area contributed by atoms with Crippen LogP contribution in [0.25, 0.3) is 0 Å². The van der Waals surface area contributed by atoms with Crippen LogP contribution in [0.4, 0.5) is 0 Å². The lowest BCUT2D eigenvalue weighted by Gasteiger charge is -2.46. The fourth-order valence-corrected chi connectivity index (χ4v) is 5.24. The molecule has 2 aromatic rings. The van der Waals surface area contributed by atoms with Gasteiger partial charge in [0.1, 0.15) is 5.54 Å². The number of methoxy groups -OCH3 is 1. The van der Waals surface area contributed by atoms with Crippen molar-refractivity contribution >= 4 is 21.8 Å². The van der Waals surface area contributed by atoms with E-state index in [0.717, 1.165) is 15.4 Å². The molecule has 1 atom stereocenters. The maximum Gasteiger partial charge on any atom is 0.247 e. The van der Waals surface area contributed by atoms with Crippen molar-refractivity contribution in [3.63, 3.8) is 0 Å². The second-order valence-corrected chi connectivity index (χ2v) is 10.0. The highest BCUT2D eigenvalue weighted by Gasteiger charge is 2.50. The summed E-state index contributed by atoms with van der Waals surface area (Å²) in [7, 11) is -2.43. The third-order valence-corrected chi connectivity index (χ3v) is 7.46. The van der Waals surface area contributed by atoms with Gasteiger partial charge in [-0.15, -0.1) is 0 Å². The fraction of sp³-hybridized carbons (Fsp3) is 0.391. The number of aryl methyl sites for hydroxylation is 1. The molecule has 1 aliphatic heterocycles. The molecular formula is C23H29N3O5S. The Labute approximate surface area is 189 Å². The minimum atomic E-state index is -3.94. The number of carbonyl (C=O) groups excluding carboxylic acids is 2. The van der Waals surface area contributed by atoms with Gasteiger partial charge < -0.3 is 15.0 Å². The molecule has 0 aliphatic carbocycles.